The summed E-state index contributed by atoms with van der Waals surface area (Å²) in [5, 5.41) is 11.4. The first kappa shape index (κ1) is 12.8. The van der Waals surface area contributed by atoms with Crippen molar-refractivity contribution < 1.29 is 9.53 Å². The van der Waals surface area contributed by atoms with Gasteiger partial charge in [0.05, 0.1) is 6.07 Å². The molecule has 4 nitrogen and oxygen atoms in total. The van der Waals surface area contributed by atoms with E-state index in [1.54, 1.807) is 0 Å². The molecule has 2 atom stereocenters. The molecule has 90 valence electrons. The second-order valence-electron chi connectivity index (χ2n) is 5.38. The van der Waals surface area contributed by atoms with Crippen molar-refractivity contribution in [3.63, 3.8) is 0 Å². The maximum atomic E-state index is 11.5. The number of carbonyl (C=O) groups excluding carboxylic acids is 1. The second-order valence-corrected chi connectivity index (χ2v) is 5.38. The first-order valence-corrected chi connectivity index (χ1v) is 5.77. The van der Waals surface area contributed by atoms with Crippen LogP contribution in [-0.4, -0.2) is 17.7 Å². The van der Waals surface area contributed by atoms with E-state index in [1.807, 2.05) is 20.8 Å². The van der Waals surface area contributed by atoms with Crippen LogP contribution in [0, 0.1) is 17.2 Å². The molecule has 1 N–H and O–H groups in total. The lowest BCUT2D eigenvalue weighted by atomic mass is 10.1. The summed E-state index contributed by atoms with van der Waals surface area (Å²) in [5.74, 6) is 0.435. The maximum Gasteiger partial charge on any atom is 0.407 e. The highest BCUT2D eigenvalue weighted by atomic mass is 16.6. The Hall–Kier alpha value is -1.24. The number of nitrogens with one attached hydrogen (secondary N) is 1. The van der Waals surface area contributed by atoms with Gasteiger partial charge in [-0.2, -0.15) is 5.26 Å². The lowest BCUT2D eigenvalue weighted by molar-refractivity contribution is 0.0504. The van der Waals surface area contributed by atoms with Crippen molar-refractivity contribution >= 4 is 6.09 Å². The largest absolute Gasteiger partial charge is 0.444 e. The van der Waals surface area contributed by atoms with Gasteiger partial charge in [-0.05, 0) is 46.0 Å². The smallest absolute Gasteiger partial charge is 0.407 e. The molecular formula is C12H20N2O2. The summed E-state index contributed by atoms with van der Waals surface area (Å²) in [6.07, 6.45) is 3.11. The van der Waals surface area contributed by atoms with Crippen molar-refractivity contribution in [3.8, 4) is 6.07 Å². The molecule has 1 rings (SSSR count). The van der Waals surface area contributed by atoms with Gasteiger partial charge in [0.2, 0.25) is 0 Å². The summed E-state index contributed by atoms with van der Waals surface area (Å²) in [5.41, 5.74) is -0.450. The van der Waals surface area contributed by atoms with E-state index in [2.05, 4.69) is 11.4 Å². The van der Waals surface area contributed by atoms with Crippen LogP contribution in [0.3, 0.4) is 0 Å². The average molecular weight is 224 g/mol. The standard InChI is InChI=1S/C12H20N2O2/c1-12(2,3)16-11(15)14-10-5-4-9(8-10)6-7-13/h9-10H,4-6,8H2,1-3H3,(H,14,15)/t9-,10-/m1/s1. The monoisotopic (exact) mass is 224 g/mol. The number of hydrogen-bond acceptors (Lipinski definition) is 3. The topological polar surface area (TPSA) is 62.1 Å². The predicted octanol–water partition coefficient (Wildman–Crippen LogP) is 2.59. The van der Waals surface area contributed by atoms with Gasteiger partial charge in [0, 0.05) is 12.5 Å². The van der Waals surface area contributed by atoms with E-state index in [1.165, 1.54) is 0 Å². The summed E-state index contributed by atoms with van der Waals surface area (Å²) in [6, 6.07) is 2.35. The Morgan fingerprint density at radius 2 is 2.19 bits per heavy atom. The van der Waals surface area contributed by atoms with Gasteiger partial charge in [-0.1, -0.05) is 0 Å². The minimum Gasteiger partial charge on any atom is -0.444 e. The summed E-state index contributed by atoms with van der Waals surface area (Å²) in [6.45, 7) is 5.54. The van der Waals surface area contributed by atoms with E-state index in [0.717, 1.165) is 19.3 Å². The number of nitriles is 1. The number of nitrogens with zero attached hydrogens (tertiary/aromatic N) is 1. The first-order valence-electron chi connectivity index (χ1n) is 5.77. The highest BCUT2D eigenvalue weighted by Gasteiger charge is 2.27. The van der Waals surface area contributed by atoms with Crippen molar-refractivity contribution in [3.05, 3.63) is 0 Å². The Morgan fingerprint density at radius 3 is 2.75 bits per heavy atom. The number of ether oxygens (including phenoxy) is 1. The zero-order valence-electron chi connectivity index (χ0n) is 10.2. The van der Waals surface area contributed by atoms with Gasteiger partial charge in [0.1, 0.15) is 5.60 Å². The van der Waals surface area contributed by atoms with E-state index in [9.17, 15) is 4.79 Å². The second kappa shape index (κ2) is 5.20. The molecule has 0 bridgehead atoms. The van der Waals surface area contributed by atoms with Crippen molar-refractivity contribution in [1.29, 1.82) is 5.26 Å². The van der Waals surface area contributed by atoms with Gasteiger partial charge in [0.15, 0.2) is 0 Å². The molecule has 0 radical (unpaired) electrons. The maximum absolute atomic E-state index is 11.5. The Balaban J connectivity index is 2.29. The SMILES string of the molecule is CC(C)(C)OC(=O)N[C@@H]1CC[C@H](CC#N)C1. The fourth-order valence-corrected chi connectivity index (χ4v) is 1.99. The van der Waals surface area contributed by atoms with Crippen molar-refractivity contribution in [2.75, 3.05) is 0 Å². The molecule has 16 heavy (non-hydrogen) atoms. The summed E-state index contributed by atoms with van der Waals surface area (Å²) in [4.78, 5) is 11.5. The van der Waals surface area contributed by atoms with Crippen LogP contribution in [0.15, 0.2) is 0 Å². The molecule has 0 aromatic carbocycles. The molecule has 0 aromatic heterocycles. The van der Waals surface area contributed by atoms with Crippen LogP contribution in [0.2, 0.25) is 0 Å². The number of hydrogen-bond donors (Lipinski definition) is 1. The van der Waals surface area contributed by atoms with Gasteiger partial charge >= 0.3 is 6.09 Å². The quantitative estimate of drug-likeness (QED) is 0.784. The first-order chi connectivity index (χ1) is 7.40. The Kier molecular flexibility index (Phi) is 4.17. The molecule has 1 aliphatic carbocycles. The zero-order chi connectivity index (χ0) is 12.2. The fraction of sp³-hybridized carbons (Fsp3) is 0.833. The zero-order valence-corrected chi connectivity index (χ0v) is 10.2. The molecule has 0 saturated heterocycles. The molecule has 0 heterocycles. The molecule has 1 fully saturated rings. The molecule has 1 amide bonds. The molecule has 4 heteroatoms. The summed E-state index contributed by atoms with van der Waals surface area (Å²) in [7, 11) is 0. The van der Waals surface area contributed by atoms with Crippen LogP contribution in [0.5, 0.6) is 0 Å². The summed E-state index contributed by atoms with van der Waals surface area (Å²) < 4.78 is 5.18. The van der Waals surface area contributed by atoms with E-state index >= 15 is 0 Å². The fourth-order valence-electron chi connectivity index (χ4n) is 1.99. The van der Waals surface area contributed by atoms with Crippen molar-refractivity contribution in [2.45, 2.75) is 58.1 Å². The van der Waals surface area contributed by atoms with Gasteiger partial charge in [-0.3, -0.25) is 0 Å². The van der Waals surface area contributed by atoms with Gasteiger partial charge in [-0.25, -0.2) is 4.79 Å². The van der Waals surface area contributed by atoms with Gasteiger partial charge in [0.25, 0.3) is 0 Å². The molecular weight excluding hydrogens is 204 g/mol. The Labute approximate surface area is 97.0 Å². The van der Waals surface area contributed by atoms with E-state index in [-0.39, 0.29) is 12.1 Å². The van der Waals surface area contributed by atoms with E-state index in [4.69, 9.17) is 10.00 Å². The minimum atomic E-state index is -0.450. The molecule has 0 aromatic rings. The van der Waals surface area contributed by atoms with E-state index in [0.29, 0.717) is 12.3 Å². The Morgan fingerprint density at radius 1 is 1.50 bits per heavy atom. The molecule has 1 aliphatic rings. The number of rotatable bonds is 2. The molecule has 0 unspecified atom stereocenters. The van der Waals surface area contributed by atoms with Crippen LogP contribution in [0.25, 0.3) is 0 Å². The van der Waals surface area contributed by atoms with Crippen molar-refractivity contribution in [2.24, 2.45) is 5.92 Å². The third-order valence-corrected chi connectivity index (χ3v) is 2.64. The van der Waals surface area contributed by atoms with Gasteiger partial charge in [-0.15, -0.1) is 0 Å². The minimum absolute atomic E-state index is 0.174. The van der Waals surface area contributed by atoms with Crippen LogP contribution in [0.4, 0.5) is 4.79 Å². The lowest BCUT2D eigenvalue weighted by Crippen LogP contribution is -2.37. The highest BCUT2D eigenvalue weighted by Crippen LogP contribution is 2.27. The third-order valence-electron chi connectivity index (χ3n) is 2.64. The van der Waals surface area contributed by atoms with E-state index < -0.39 is 5.60 Å². The Bertz CT molecular complexity index is 288. The predicted molar refractivity (Wildman–Crippen MR) is 60.7 cm³/mol. The average Bonchev–Trinajstić information content (AvgIpc) is 2.49. The lowest BCUT2D eigenvalue weighted by Gasteiger charge is -2.21. The van der Waals surface area contributed by atoms with Crippen LogP contribution in [0.1, 0.15) is 46.5 Å². The van der Waals surface area contributed by atoms with Crippen LogP contribution >= 0.6 is 0 Å². The molecule has 0 spiro atoms. The highest BCUT2D eigenvalue weighted by molar-refractivity contribution is 5.68. The number of alkyl carbamates (subject to hydrolysis) is 1. The number of carbonyl (C=O) groups is 1. The van der Waals surface area contributed by atoms with Gasteiger partial charge < -0.3 is 10.1 Å². The van der Waals surface area contributed by atoms with Crippen LogP contribution in [-0.2, 0) is 4.74 Å². The summed E-state index contributed by atoms with van der Waals surface area (Å²) >= 11 is 0. The number of amides is 1. The molecule has 0 aliphatic heterocycles. The van der Waals surface area contributed by atoms with Crippen molar-refractivity contribution in [1.82, 2.24) is 5.32 Å². The van der Waals surface area contributed by atoms with Crippen LogP contribution < -0.4 is 5.32 Å². The normalized spacial score (nSPS) is 24.9. The molecule has 1 saturated carbocycles. The third kappa shape index (κ3) is 4.52.